The van der Waals surface area contributed by atoms with E-state index in [0.29, 0.717) is 0 Å². The van der Waals surface area contributed by atoms with Crippen LogP contribution < -0.4 is 5.73 Å². The molecule has 2 saturated heterocycles. The second-order valence-corrected chi connectivity index (χ2v) is 17.8. The molecule has 18 nitrogen and oxygen atoms in total. The van der Waals surface area contributed by atoms with Gasteiger partial charge in [-0.2, -0.15) is 0 Å². The molecule has 3 heterocycles. The maximum atomic E-state index is 12.6. The van der Waals surface area contributed by atoms with Crippen LogP contribution in [0.2, 0.25) is 0 Å². The number of allylic oxidation sites excluding steroid dienone is 10. The molecule has 2 bridgehead atoms. The summed E-state index contributed by atoms with van der Waals surface area (Å²) in [6.07, 6.45) is 2.28. The molecule has 2 fully saturated rings. The number of rotatable bonds is 3. The zero-order valence-electron chi connectivity index (χ0n) is 37.8. The smallest absolute Gasteiger partial charge is 0.311 e. The monoisotopic (exact) mass is 926 g/mol. The molecule has 3 rings (SSSR count). The summed E-state index contributed by atoms with van der Waals surface area (Å²) in [7, 11) is 0. The minimum atomic E-state index is -2.35. The van der Waals surface area contributed by atoms with Crippen LogP contribution in [0.1, 0.15) is 91.9 Å². The van der Waals surface area contributed by atoms with Gasteiger partial charge in [0.2, 0.25) is 0 Å². The van der Waals surface area contributed by atoms with Crippen LogP contribution in [0.25, 0.3) is 0 Å². The molecular weight excluding hydrogens is 851 g/mol. The van der Waals surface area contributed by atoms with Crippen molar-refractivity contribution in [3.8, 4) is 0 Å². The third-order valence-corrected chi connectivity index (χ3v) is 12.2. The highest BCUT2D eigenvalue weighted by atomic mass is 16.7. The maximum absolute atomic E-state index is 12.6. The Balaban J connectivity index is 1.84. The number of esters is 1. The summed E-state index contributed by atoms with van der Waals surface area (Å²) in [5.41, 5.74) is 6.02. The SMILES string of the molecule is C[C@@H]1[C@H](O)[C@@H](C)C=CC=CCCC=CC=CC=CC=CC(O[C@@H]2O[C@H](C)[C@@H](O)[C@H](N)[C@@H]2O)C[C@@H]2O[C@](O)(C[C@@H](O)[C@H](O)CC[C@@H](O)C[C@@H](O)C[C@@H](O)CC(=O)O[C@H]1C)C[C@H](O)[C@H]2C(=O)O. The zero-order valence-corrected chi connectivity index (χ0v) is 37.8. The molecule has 19 atom stereocenters. The number of carbonyl (C=O) groups excluding carboxylic acids is 1. The molecule has 65 heavy (non-hydrogen) atoms. The Bertz CT molecular complexity index is 1620. The number of cyclic esters (lactones) is 1. The van der Waals surface area contributed by atoms with Crippen LogP contribution in [-0.2, 0) is 28.5 Å². The van der Waals surface area contributed by atoms with Crippen LogP contribution in [0.15, 0.2) is 72.9 Å². The third kappa shape index (κ3) is 18.8. The first-order valence-corrected chi connectivity index (χ1v) is 22.6. The number of aliphatic carboxylic acids is 1. The van der Waals surface area contributed by atoms with E-state index >= 15 is 0 Å². The summed E-state index contributed by atoms with van der Waals surface area (Å²) in [4.78, 5) is 25.1. The fraction of sp³-hybridized carbons (Fsp3) is 0.702. The summed E-state index contributed by atoms with van der Waals surface area (Å²) in [6.45, 7) is 6.78. The summed E-state index contributed by atoms with van der Waals surface area (Å²) < 4.78 is 23.2. The lowest BCUT2D eigenvalue weighted by molar-refractivity contribution is -0.310. The van der Waals surface area contributed by atoms with Gasteiger partial charge in [0.1, 0.15) is 18.1 Å². The number of aliphatic hydroxyl groups is 10. The first-order valence-electron chi connectivity index (χ1n) is 22.6. The number of ether oxygens (including phenoxy) is 4. The quantitative estimate of drug-likeness (QED) is 0.175. The van der Waals surface area contributed by atoms with E-state index < -0.39 is 141 Å². The molecule has 13 N–H and O–H groups in total. The average Bonchev–Trinajstić information content (AvgIpc) is 3.21. The van der Waals surface area contributed by atoms with E-state index in [1.54, 1.807) is 38.2 Å². The highest BCUT2D eigenvalue weighted by molar-refractivity contribution is 5.71. The van der Waals surface area contributed by atoms with Gasteiger partial charge in [-0.15, -0.1) is 0 Å². The van der Waals surface area contributed by atoms with Crippen molar-refractivity contribution < 1.29 is 84.7 Å². The fourth-order valence-corrected chi connectivity index (χ4v) is 8.11. The van der Waals surface area contributed by atoms with Crippen molar-refractivity contribution >= 4 is 11.9 Å². The lowest BCUT2D eigenvalue weighted by Gasteiger charge is -2.45. The Morgan fingerprint density at radius 3 is 1.94 bits per heavy atom. The lowest BCUT2D eigenvalue weighted by atomic mass is 9.82. The highest BCUT2D eigenvalue weighted by Gasteiger charge is 2.51. The molecule has 370 valence electrons. The topological polar surface area (TPSA) is 320 Å². The summed E-state index contributed by atoms with van der Waals surface area (Å²) in [6, 6.07) is -1.14. The van der Waals surface area contributed by atoms with Gasteiger partial charge in [-0.1, -0.05) is 86.8 Å². The van der Waals surface area contributed by atoms with Crippen LogP contribution in [0.5, 0.6) is 0 Å². The number of carboxylic acid groups (broad SMARTS) is 1. The maximum Gasteiger partial charge on any atom is 0.311 e. The second kappa shape index (κ2) is 27.6. The van der Waals surface area contributed by atoms with Crippen molar-refractivity contribution in [3.05, 3.63) is 72.9 Å². The molecule has 18 heteroatoms. The minimum Gasteiger partial charge on any atom is -0.481 e. The zero-order chi connectivity index (χ0) is 48.4. The van der Waals surface area contributed by atoms with Crippen molar-refractivity contribution in [2.75, 3.05) is 0 Å². The third-order valence-electron chi connectivity index (χ3n) is 12.2. The first kappa shape index (κ1) is 56.1. The van der Waals surface area contributed by atoms with Crippen LogP contribution >= 0.6 is 0 Å². The van der Waals surface area contributed by atoms with E-state index in [1.807, 2.05) is 49.5 Å². The van der Waals surface area contributed by atoms with E-state index in [9.17, 15) is 65.8 Å². The second-order valence-electron chi connectivity index (χ2n) is 17.8. The van der Waals surface area contributed by atoms with Gasteiger partial charge in [-0.3, -0.25) is 9.59 Å². The molecule has 0 saturated carbocycles. The van der Waals surface area contributed by atoms with Gasteiger partial charge in [-0.05, 0) is 52.4 Å². The molecule has 1 unspecified atom stereocenters. The summed E-state index contributed by atoms with van der Waals surface area (Å²) in [5, 5.41) is 118. The largest absolute Gasteiger partial charge is 0.481 e. The summed E-state index contributed by atoms with van der Waals surface area (Å²) >= 11 is 0. The molecule has 0 aromatic rings. The van der Waals surface area contributed by atoms with Crippen molar-refractivity contribution in [2.45, 2.75) is 189 Å². The van der Waals surface area contributed by atoms with E-state index in [1.165, 1.54) is 13.0 Å². The number of carbonyl (C=O) groups is 2. The van der Waals surface area contributed by atoms with Gasteiger partial charge in [-0.25, -0.2) is 0 Å². The number of fused-ring (bicyclic) bond motifs is 2. The van der Waals surface area contributed by atoms with Crippen molar-refractivity contribution in [2.24, 2.45) is 23.5 Å². The Labute approximate surface area is 381 Å². The van der Waals surface area contributed by atoms with Crippen LogP contribution in [-0.4, -0.2) is 166 Å². The predicted octanol–water partition coefficient (Wildman–Crippen LogP) is 0.936. The molecule has 0 amide bonds. The molecule has 3 aliphatic rings. The molecule has 0 spiro atoms. The minimum absolute atomic E-state index is 0.138. The molecule has 0 aliphatic carbocycles. The predicted molar refractivity (Wildman–Crippen MR) is 237 cm³/mol. The van der Waals surface area contributed by atoms with Gasteiger partial charge in [0, 0.05) is 31.1 Å². The Morgan fingerprint density at radius 1 is 0.692 bits per heavy atom. The van der Waals surface area contributed by atoms with Crippen LogP contribution in [0, 0.1) is 17.8 Å². The van der Waals surface area contributed by atoms with E-state index in [2.05, 4.69) is 0 Å². The van der Waals surface area contributed by atoms with Gasteiger partial charge in [0.25, 0.3) is 0 Å². The number of nitrogens with two attached hydrogens (primary N) is 1. The number of aliphatic hydroxyl groups excluding tert-OH is 9. The summed E-state index contributed by atoms with van der Waals surface area (Å²) in [5.74, 6) is -6.82. The highest BCUT2D eigenvalue weighted by Crippen LogP contribution is 2.38. The number of hydrogen-bond donors (Lipinski definition) is 12. The van der Waals surface area contributed by atoms with E-state index in [-0.39, 0.29) is 38.0 Å². The number of carboxylic acids is 1. The molecule has 3 aliphatic heterocycles. The van der Waals surface area contributed by atoms with E-state index in [0.717, 1.165) is 12.8 Å². The van der Waals surface area contributed by atoms with Gasteiger partial charge in [0.15, 0.2) is 12.1 Å². The first-order chi connectivity index (χ1) is 30.6. The molecule has 0 aromatic carbocycles. The average molecular weight is 926 g/mol. The van der Waals surface area contributed by atoms with Crippen LogP contribution in [0.4, 0.5) is 0 Å². The standard InChI is InChI=1S/C47H75NO17/c1-27-17-15-13-11-9-7-5-6-8-10-12-14-16-18-34(64-46-44(58)41(48)43(57)30(4)63-46)24-38-40(45(59)60)37(54)26-47(61,65-38)25-36(53)35(52)20-19-31(49)21-32(50)22-33(51)23-39(55)62-29(3)28(2)42(27)56/h5-6,8,10-18,27-38,40-44,46,49-54,56-58,61H,7,9,19-26,48H2,1-4H3,(H,59,60)/t27-,28-,29-,30+,31+,32+,33+,34?,35+,36+,37-,38-,40+,41-,42+,43+,44-,46-,47+/m0/s1. The van der Waals surface area contributed by atoms with Crippen LogP contribution in [0.3, 0.4) is 0 Å². The van der Waals surface area contributed by atoms with Crippen molar-refractivity contribution in [1.82, 2.24) is 0 Å². The van der Waals surface area contributed by atoms with Gasteiger partial charge in [0.05, 0.1) is 79.6 Å². The molecule has 0 radical (unpaired) electrons. The number of hydrogen-bond acceptors (Lipinski definition) is 17. The Hall–Kier alpha value is -3.18. The molecule has 0 aromatic heterocycles. The lowest BCUT2D eigenvalue weighted by Crippen LogP contribution is -2.61. The van der Waals surface area contributed by atoms with Crippen molar-refractivity contribution in [1.29, 1.82) is 0 Å². The van der Waals surface area contributed by atoms with Gasteiger partial charge < -0.3 is 80.9 Å². The Kier molecular flexibility index (Phi) is 23.8. The Morgan fingerprint density at radius 2 is 1.28 bits per heavy atom. The van der Waals surface area contributed by atoms with Crippen molar-refractivity contribution in [3.63, 3.8) is 0 Å². The fourth-order valence-electron chi connectivity index (χ4n) is 8.11. The van der Waals surface area contributed by atoms with E-state index in [4.69, 9.17) is 24.7 Å². The molecular formula is C47H75NO17. The normalized spacial score (nSPS) is 42.3. The van der Waals surface area contributed by atoms with Gasteiger partial charge >= 0.3 is 11.9 Å².